The van der Waals surface area contributed by atoms with Crippen LogP contribution in [0.1, 0.15) is 49.5 Å². The first-order valence-corrected chi connectivity index (χ1v) is 14.9. The summed E-state index contributed by atoms with van der Waals surface area (Å²) in [5.41, 5.74) is 1.76. The topological polar surface area (TPSA) is 113 Å². The molecule has 3 aromatic carbocycles. The van der Waals surface area contributed by atoms with E-state index < -0.39 is 39.4 Å². The Labute approximate surface area is 235 Å². The Morgan fingerprint density at radius 1 is 0.951 bits per heavy atom. The Kier molecular flexibility index (Phi) is 7.87. The molecule has 41 heavy (non-hydrogen) atoms. The van der Waals surface area contributed by atoms with Crippen molar-refractivity contribution in [2.24, 2.45) is 0 Å². The second-order valence-corrected chi connectivity index (χ2v) is 11.8. The Bertz CT molecular complexity index is 1650. The maximum Gasteiger partial charge on any atom is 0.340 e. The fraction of sp³-hybridized carbons (Fsp3) is 0.276. The van der Waals surface area contributed by atoms with Gasteiger partial charge in [-0.15, -0.1) is 0 Å². The lowest BCUT2D eigenvalue weighted by molar-refractivity contribution is 0.0473. The minimum atomic E-state index is -3.82. The number of ether oxygens (including phenoxy) is 1. The second kappa shape index (κ2) is 11.4. The normalized spacial score (nSPS) is 15.2. The molecule has 0 bridgehead atoms. The average Bonchev–Trinajstić information content (AvgIpc) is 3.56. The molecule has 0 aliphatic carbocycles. The Morgan fingerprint density at radius 2 is 1.66 bits per heavy atom. The molecule has 0 saturated carbocycles. The van der Waals surface area contributed by atoms with Gasteiger partial charge in [0.2, 0.25) is 10.0 Å². The number of carbonyl (C=O) groups excluding carboxylic acids is 3. The van der Waals surface area contributed by atoms with Crippen LogP contribution in [0.4, 0.5) is 14.5 Å². The van der Waals surface area contributed by atoms with Crippen molar-refractivity contribution in [2.45, 2.75) is 19.4 Å². The summed E-state index contributed by atoms with van der Waals surface area (Å²) in [4.78, 5) is 42.7. The lowest BCUT2D eigenvalue weighted by Gasteiger charge is -2.21. The molecule has 12 heteroatoms. The first-order valence-electron chi connectivity index (χ1n) is 13.0. The summed E-state index contributed by atoms with van der Waals surface area (Å²) in [6.07, 6.45) is 3.04. The van der Waals surface area contributed by atoms with Gasteiger partial charge >= 0.3 is 5.97 Å². The number of halogens is 2. The summed E-state index contributed by atoms with van der Waals surface area (Å²) in [6, 6.07) is 12.2. The van der Waals surface area contributed by atoms with Crippen molar-refractivity contribution in [3.63, 3.8) is 0 Å². The lowest BCUT2D eigenvalue weighted by Crippen LogP contribution is -2.29. The molecule has 0 aromatic heterocycles. The van der Waals surface area contributed by atoms with Gasteiger partial charge in [0, 0.05) is 17.7 Å². The van der Waals surface area contributed by atoms with E-state index in [1.165, 1.54) is 41.3 Å². The number of sulfonamides is 1. The van der Waals surface area contributed by atoms with Gasteiger partial charge in [-0.3, -0.25) is 14.5 Å². The first kappa shape index (κ1) is 28.4. The van der Waals surface area contributed by atoms with E-state index >= 15 is 0 Å². The highest BCUT2D eigenvalue weighted by Gasteiger charge is 2.33. The fourth-order valence-corrected chi connectivity index (χ4v) is 5.45. The third-order valence-electron chi connectivity index (χ3n) is 7.05. The molecule has 5 rings (SSSR count). The molecular weight excluding hydrogens is 556 g/mol. The highest BCUT2D eigenvalue weighted by Crippen LogP contribution is 2.35. The van der Waals surface area contributed by atoms with Gasteiger partial charge in [0.25, 0.3) is 11.8 Å². The molecular formula is C29H27F2N3O6S. The second-order valence-electron chi connectivity index (χ2n) is 10.0. The average molecular weight is 584 g/mol. The minimum Gasteiger partial charge on any atom is -0.461 e. The molecule has 2 aliphatic heterocycles. The number of carbonyl (C=O) groups is 3. The molecule has 2 aliphatic rings. The molecule has 0 radical (unpaired) electrons. The van der Waals surface area contributed by atoms with E-state index in [0.29, 0.717) is 23.2 Å². The van der Waals surface area contributed by atoms with Crippen molar-refractivity contribution in [1.82, 2.24) is 9.62 Å². The van der Waals surface area contributed by atoms with Crippen molar-refractivity contribution in [3.05, 3.63) is 88.5 Å². The number of amides is 2. The zero-order chi connectivity index (χ0) is 29.3. The SMILES string of the molecule is CS(=O)(=O)NC(=O)c1ccc2c(c1)C(=O)N(c1cc(-c3ccc(F)c(F)c3)ccc1C(=O)OCCN1CCCC1)C2. The number of rotatable bonds is 8. The van der Waals surface area contributed by atoms with Crippen LogP contribution in [0.15, 0.2) is 54.6 Å². The van der Waals surface area contributed by atoms with Gasteiger partial charge in [0.05, 0.1) is 24.1 Å². The molecule has 2 amide bonds. The maximum atomic E-state index is 14.0. The van der Waals surface area contributed by atoms with Crippen LogP contribution in [0.3, 0.4) is 0 Å². The number of fused-ring (bicyclic) bond motifs is 1. The minimum absolute atomic E-state index is 0.0264. The maximum absolute atomic E-state index is 14.0. The number of nitrogens with zero attached hydrogens (tertiary/aromatic N) is 2. The van der Waals surface area contributed by atoms with Crippen LogP contribution in [0.2, 0.25) is 0 Å². The predicted octanol–water partition coefficient (Wildman–Crippen LogP) is 3.73. The van der Waals surface area contributed by atoms with Gasteiger partial charge in [-0.1, -0.05) is 18.2 Å². The van der Waals surface area contributed by atoms with E-state index in [1.54, 1.807) is 6.07 Å². The van der Waals surface area contributed by atoms with Gasteiger partial charge in [0.15, 0.2) is 11.6 Å². The quantitative estimate of drug-likeness (QED) is 0.402. The zero-order valence-corrected chi connectivity index (χ0v) is 23.0. The number of hydrogen-bond acceptors (Lipinski definition) is 7. The predicted molar refractivity (Wildman–Crippen MR) is 147 cm³/mol. The molecule has 1 fully saturated rings. The summed E-state index contributed by atoms with van der Waals surface area (Å²) in [5, 5.41) is 0. The van der Waals surface area contributed by atoms with Crippen LogP contribution < -0.4 is 9.62 Å². The van der Waals surface area contributed by atoms with E-state index in [0.717, 1.165) is 44.3 Å². The first-order chi connectivity index (χ1) is 19.5. The van der Waals surface area contributed by atoms with Crippen molar-refractivity contribution in [3.8, 4) is 11.1 Å². The highest BCUT2D eigenvalue weighted by atomic mass is 32.2. The molecule has 2 heterocycles. The number of nitrogens with one attached hydrogen (secondary N) is 1. The standard InChI is InChI=1S/C29H27F2N3O6S/c1-41(38,39)32-27(35)20-4-5-21-17-34(28(36)23(21)14-20)26-16-19(18-7-9-24(30)25(31)15-18)6-8-22(26)29(37)40-13-12-33-10-2-3-11-33/h4-9,14-16H,2-3,10-13,17H2,1H3,(H,32,35). The van der Waals surface area contributed by atoms with Gasteiger partial charge in [-0.25, -0.2) is 26.7 Å². The van der Waals surface area contributed by atoms with Crippen molar-refractivity contribution < 1.29 is 36.3 Å². The monoisotopic (exact) mass is 583 g/mol. The van der Waals surface area contributed by atoms with Crippen LogP contribution in [0, 0.1) is 11.6 Å². The van der Waals surface area contributed by atoms with Gasteiger partial charge in [-0.2, -0.15) is 0 Å². The summed E-state index contributed by atoms with van der Waals surface area (Å²) >= 11 is 0. The summed E-state index contributed by atoms with van der Waals surface area (Å²) < 4.78 is 58.0. The largest absolute Gasteiger partial charge is 0.461 e. The Hall–Kier alpha value is -4.16. The third-order valence-corrected chi connectivity index (χ3v) is 7.61. The van der Waals surface area contributed by atoms with Crippen LogP contribution in [0.5, 0.6) is 0 Å². The number of esters is 1. The van der Waals surface area contributed by atoms with Crippen molar-refractivity contribution in [2.75, 3.05) is 37.4 Å². The number of benzene rings is 3. The molecule has 214 valence electrons. The fourth-order valence-electron chi connectivity index (χ4n) is 5.00. The van der Waals surface area contributed by atoms with Crippen LogP contribution in [0.25, 0.3) is 11.1 Å². The molecule has 0 atom stereocenters. The van der Waals surface area contributed by atoms with E-state index in [9.17, 15) is 31.6 Å². The molecule has 0 spiro atoms. The van der Waals surface area contributed by atoms with Crippen LogP contribution in [-0.2, 0) is 21.3 Å². The molecule has 0 unspecified atom stereocenters. The molecule has 3 aromatic rings. The van der Waals surface area contributed by atoms with Crippen LogP contribution in [-0.4, -0.2) is 63.6 Å². The molecule has 1 saturated heterocycles. The Morgan fingerprint density at radius 3 is 2.37 bits per heavy atom. The summed E-state index contributed by atoms with van der Waals surface area (Å²) in [5.74, 6) is -4.10. The number of anilines is 1. The Balaban J connectivity index is 1.47. The van der Waals surface area contributed by atoms with E-state index in [-0.39, 0.29) is 35.5 Å². The third kappa shape index (κ3) is 6.28. The summed E-state index contributed by atoms with van der Waals surface area (Å²) in [7, 11) is -3.82. The number of hydrogen-bond donors (Lipinski definition) is 1. The van der Waals surface area contributed by atoms with Gasteiger partial charge < -0.3 is 9.64 Å². The van der Waals surface area contributed by atoms with Crippen LogP contribution >= 0.6 is 0 Å². The smallest absolute Gasteiger partial charge is 0.340 e. The van der Waals surface area contributed by atoms with Crippen molar-refractivity contribution >= 4 is 33.5 Å². The summed E-state index contributed by atoms with van der Waals surface area (Å²) in [6.45, 7) is 2.68. The lowest BCUT2D eigenvalue weighted by atomic mass is 10.0. The van der Waals surface area contributed by atoms with Crippen molar-refractivity contribution in [1.29, 1.82) is 0 Å². The van der Waals surface area contributed by atoms with E-state index in [1.807, 2.05) is 4.72 Å². The highest BCUT2D eigenvalue weighted by molar-refractivity contribution is 7.89. The zero-order valence-electron chi connectivity index (χ0n) is 22.2. The van der Waals surface area contributed by atoms with Gasteiger partial charge in [0.1, 0.15) is 6.61 Å². The van der Waals surface area contributed by atoms with Gasteiger partial charge in [-0.05, 0) is 79.0 Å². The molecule has 1 N–H and O–H groups in total. The molecule has 9 nitrogen and oxygen atoms in total. The van der Waals surface area contributed by atoms with E-state index in [4.69, 9.17) is 4.74 Å². The number of likely N-dealkylation sites (tertiary alicyclic amines) is 1. The van der Waals surface area contributed by atoms with E-state index in [2.05, 4.69) is 4.90 Å².